The first kappa shape index (κ1) is 14.7. The Labute approximate surface area is 122 Å². The predicted molar refractivity (Wildman–Crippen MR) is 84.0 cm³/mol. The number of hydrogen-bond donors (Lipinski definition) is 1. The average molecular weight is 281 g/mol. The van der Waals surface area contributed by atoms with E-state index in [0.29, 0.717) is 5.92 Å². The van der Waals surface area contributed by atoms with Gasteiger partial charge in [-0.3, -0.25) is 0 Å². The van der Waals surface area contributed by atoms with E-state index in [1.807, 2.05) is 6.07 Å². The van der Waals surface area contributed by atoms with Crippen LogP contribution in [0.3, 0.4) is 0 Å². The van der Waals surface area contributed by atoms with Gasteiger partial charge in [0.25, 0.3) is 0 Å². The number of anilines is 1. The van der Waals surface area contributed by atoms with Gasteiger partial charge in [0.05, 0.1) is 0 Å². The highest BCUT2D eigenvalue weighted by Crippen LogP contribution is 2.34. The van der Waals surface area contributed by atoms with E-state index in [1.165, 1.54) is 24.1 Å². The molecule has 19 heavy (non-hydrogen) atoms. The molecule has 0 atom stereocenters. The van der Waals surface area contributed by atoms with Crippen LogP contribution in [-0.4, -0.2) is 19.1 Å². The van der Waals surface area contributed by atoms with Crippen molar-refractivity contribution < 1.29 is 0 Å². The zero-order valence-corrected chi connectivity index (χ0v) is 13.0. The number of nitrogens with zero attached hydrogens (tertiary/aromatic N) is 1. The molecule has 0 heterocycles. The van der Waals surface area contributed by atoms with Gasteiger partial charge in [-0.15, -0.1) is 0 Å². The molecule has 0 amide bonds. The number of rotatable bonds is 7. The molecule has 3 heteroatoms. The number of benzene rings is 1. The van der Waals surface area contributed by atoms with Gasteiger partial charge < -0.3 is 10.2 Å². The van der Waals surface area contributed by atoms with Crippen molar-refractivity contribution in [3.8, 4) is 0 Å². The lowest BCUT2D eigenvalue weighted by Gasteiger charge is -2.26. The first-order valence-corrected chi connectivity index (χ1v) is 7.75. The summed E-state index contributed by atoms with van der Waals surface area (Å²) in [6.07, 6.45) is 2.64. The fourth-order valence-corrected chi connectivity index (χ4v) is 2.63. The summed E-state index contributed by atoms with van der Waals surface area (Å²) in [7, 11) is 0. The van der Waals surface area contributed by atoms with Crippen LogP contribution in [0.25, 0.3) is 0 Å². The van der Waals surface area contributed by atoms with Crippen molar-refractivity contribution in [2.24, 2.45) is 5.92 Å². The van der Waals surface area contributed by atoms with Crippen molar-refractivity contribution in [3.63, 3.8) is 0 Å². The molecule has 2 rings (SSSR count). The highest BCUT2D eigenvalue weighted by molar-refractivity contribution is 6.30. The van der Waals surface area contributed by atoms with Crippen LogP contribution in [-0.2, 0) is 6.54 Å². The zero-order chi connectivity index (χ0) is 13.8. The molecule has 0 bridgehead atoms. The largest absolute Gasteiger partial charge is 0.369 e. The lowest BCUT2D eigenvalue weighted by Crippen LogP contribution is -2.27. The molecule has 1 fully saturated rings. The van der Waals surface area contributed by atoms with Crippen molar-refractivity contribution in [3.05, 3.63) is 28.8 Å². The number of hydrogen-bond acceptors (Lipinski definition) is 2. The summed E-state index contributed by atoms with van der Waals surface area (Å²) in [4.78, 5) is 2.50. The Hall–Kier alpha value is -0.730. The molecule has 0 saturated heterocycles. The van der Waals surface area contributed by atoms with Gasteiger partial charge in [-0.1, -0.05) is 31.5 Å². The molecule has 1 aliphatic rings. The van der Waals surface area contributed by atoms with E-state index in [9.17, 15) is 0 Å². The van der Waals surface area contributed by atoms with E-state index in [4.69, 9.17) is 11.6 Å². The normalized spacial score (nSPS) is 15.0. The molecule has 0 aromatic heterocycles. The van der Waals surface area contributed by atoms with E-state index in [1.54, 1.807) is 0 Å². The van der Waals surface area contributed by atoms with Crippen LogP contribution in [0.15, 0.2) is 18.2 Å². The second-order valence-corrected chi connectivity index (χ2v) is 6.25. The van der Waals surface area contributed by atoms with E-state index in [2.05, 4.69) is 43.1 Å². The first-order chi connectivity index (χ1) is 9.11. The molecule has 1 aromatic carbocycles. The summed E-state index contributed by atoms with van der Waals surface area (Å²) in [5, 5.41) is 4.36. The summed E-state index contributed by atoms with van der Waals surface area (Å²) in [6.45, 7) is 9.73. The van der Waals surface area contributed by atoms with Crippen molar-refractivity contribution in [1.29, 1.82) is 0 Å². The maximum absolute atomic E-state index is 6.18. The van der Waals surface area contributed by atoms with Crippen LogP contribution >= 0.6 is 11.6 Å². The zero-order valence-electron chi connectivity index (χ0n) is 12.2. The monoisotopic (exact) mass is 280 g/mol. The highest BCUT2D eigenvalue weighted by Gasteiger charge is 2.29. The minimum atomic E-state index is 0.682. The van der Waals surface area contributed by atoms with Crippen molar-refractivity contribution >= 4 is 17.3 Å². The lowest BCUT2D eigenvalue weighted by molar-refractivity contribution is 0.552. The molecule has 0 unspecified atom stereocenters. The molecular weight excluding hydrogens is 256 g/mol. The van der Waals surface area contributed by atoms with Gasteiger partial charge in [0, 0.05) is 29.8 Å². The third kappa shape index (κ3) is 4.12. The molecular formula is C16H25ClN2. The van der Waals surface area contributed by atoms with Crippen molar-refractivity contribution in [2.45, 2.75) is 46.2 Å². The quantitative estimate of drug-likeness (QED) is 0.810. The van der Waals surface area contributed by atoms with E-state index in [0.717, 1.165) is 30.7 Å². The Morgan fingerprint density at radius 1 is 1.37 bits per heavy atom. The standard InChI is InChI=1S/C16H25ClN2/c1-4-19(15-7-8-15)16-9-14(17)6-5-13(16)11-18-10-12(2)3/h5-6,9,12,15,18H,4,7-8,10-11H2,1-3H3. The fourth-order valence-electron chi connectivity index (χ4n) is 2.46. The highest BCUT2D eigenvalue weighted by atomic mass is 35.5. The second-order valence-electron chi connectivity index (χ2n) is 5.81. The Morgan fingerprint density at radius 2 is 2.11 bits per heavy atom. The minimum absolute atomic E-state index is 0.682. The maximum Gasteiger partial charge on any atom is 0.0429 e. The van der Waals surface area contributed by atoms with Crippen molar-refractivity contribution in [1.82, 2.24) is 5.32 Å². The van der Waals surface area contributed by atoms with Crippen LogP contribution in [0.2, 0.25) is 5.02 Å². The summed E-state index contributed by atoms with van der Waals surface area (Å²) >= 11 is 6.18. The average Bonchev–Trinajstić information content (AvgIpc) is 3.17. The van der Waals surface area contributed by atoms with Crippen LogP contribution in [0.1, 0.15) is 39.2 Å². The summed E-state index contributed by atoms with van der Waals surface area (Å²) in [6, 6.07) is 7.01. The molecule has 106 valence electrons. The van der Waals surface area contributed by atoms with Crippen LogP contribution in [0.5, 0.6) is 0 Å². The van der Waals surface area contributed by atoms with Gasteiger partial charge in [0.1, 0.15) is 0 Å². The Bertz CT molecular complexity index is 413. The van der Waals surface area contributed by atoms with Gasteiger partial charge in [0.15, 0.2) is 0 Å². The SMILES string of the molecule is CCN(c1cc(Cl)ccc1CNCC(C)C)C1CC1. The summed E-state index contributed by atoms with van der Waals surface area (Å²) < 4.78 is 0. The molecule has 0 spiro atoms. The van der Waals surface area contributed by atoms with E-state index in [-0.39, 0.29) is 0 Å². The second kappa shape index (κ2) is 6.62. The van der Waals surface area contributed by atoms with E-state index >= 15 is 0 Å². The molecule has 1 N–H and O–H groups in total. The van der Waals surface area contributed by atoms with Crippen LogP contribution in [0, 0.1) is 5.92 Å². The Balaban J connectivity index is 2.12. The number of nitrogens with one attached hydrogen (secondary N) is 1. The summed E-state index contributed by atoms with van der Waals surface area (Å²) in [5.41, 5.74) is 2.67. The smallest absolute Gasteiger partial charge is 0.0429 e. The molecule has 2 nitrogen and oxygen atoms in total. The van der Waals surface area contributed by atoms with Crippen LogP contribution in [0.4, 0.5) is 5.69 Å². The van der Waals surface area contributed by atoms with Gasteiger partial charge in [-0.05, 0) is 49.9 Å². The Kier molecular flexibility index (Phi) is 5.12. The molecule has 1 aromatic rings. The fraction of sp³-hybridized carbons (Fsp3) is 0.625. The summed E-state index contributed by atoms with van der Waals surface area (Å²) in [5.74, 6) is 0.682. The lowest BCUT2D eigenvalue weighted by atomic mass is 10.1. The minimum Gasteiger partial charge on any atom is -0.369 e. The predicted octanol–water partition coefficient (Wildman–Crippen LogP) is 4.07. The molecule has 1 aliphatic carbocycles. The first-order valence-electron chi connectivity index (χ1n) is 7.37. The molecule has 1 saturated carbocycles. The number of halogens is 1. The van der Waals surface area contributed by atoms with Gasteiger partial charge in [-0.25, -0.2) is 0 Å². The topological polar surface area (TPSA) is 15.3 Å². The molecule has 0 radical (unpaired) electrons. The third-order valence-electron chi connectivity index (χ3n) is 3.55. The van der Waals surface area contributed by atoms with Gasteiger partial charge in [0.2, 0.25) is 0 Å². The van der Waals surface area contributed by atoms with Crippen molar-refractivity contribution in [2.75, 3.05) is 18.0 Å². The van der Waals surface area contributed by atoms with Gasteiger partial charge in [-0.2, -0.15) is 0 Å². The van der Waals surface area contributed by atoms with Gasteiger partial charge >= 0.3 is 0 Å². The Morgan fingerprint density at radius 3 is 2.68 bits per heavy atom. The maximum atomic E-state index is 6.18. The molecule has 0 aliphatic heterocycles. The third-order valence-corrected chi connectivity index (χ3v) is 3.79. The van der Waals surface area contributed by atoms with Crippen LogP contribution < -0.4 is 10.2 Å². The van der Waals surface area contributed by atoms with E-state index < -0.39 is 0 Å².